The van der Waals surface area contributed by atoms with E-state index in [4.69, 9.17) is 4.74 Å². The lowest BCUT2D eigenvalue weighted by atomic mass is 9.85. The van der Waals surface area contributed by atoms with Crippen molar-refractivity contribution in [3.63, 3.8) is 0 Å². The molecule has 2 bridgehead atoms. The van der Waals surface area contributed by atoms with Crippen LogP contribution in [0.25, 0.3) is 0 Å². The zero-order valence-electron chi connectivity index (χ0n) is 14.0. The van der Waals surface area contributed by atoms with Gasteiger partial charge in [-0.05, 0) is 73.8 Å². The number of hydrogen-bond acceptors (Lipinski definition) is 4. The first kappa shape index (κ1) is 16.8. The van der Waals surface area contributed by atoms with Crippen molar-refractivity contribution in [2.45, 2.75) is 32.8 Å². The van der Waals surface area contributed by atoms with Gasteiger partial charge in [0.05, 0.1) is 0 Å². The molecule has 23 heavy (non-hydrogen) atoms. The number of likely N-dealkylation sites (tertiary alicyclic amines) is 1. The van der Waals surface area contributed by atoms with E-state index in [1.807, 2.05) is 31.9 Å². The first-order chi connectivity index (χ1) is 10.8. The second kappa shape index (κ2) is 6.45. The number of carbonyl (C=O) groups is 1. The molecule has 2 aliphatic rings. The summed E-state index contributed by atoms with van der Waals surface area (Å²) in [6, 6.07) is 4.19. The summed E-state index contributed by atoms with van der Waals surface area (Å²) in [7, 11) is 0. The van der Waals surface area contributed by atoms with E-state index in [9.17, 15) is 4.79 Å². The van der Waals surface area contributed by atoms with Crippen LogP contribution >= 0.6 is 22.6 Å². The van der Waals surface area contributed by atoms with Gasteiger partial charge in [0, 0.05) is 35.9 Å². The number of fused-ring (bicyclic) bond motifs is 2. The Morgan fingerprint density at radius 2 is 1.87 bits per heavy atom. The standard InChI is InChI=1S/C17H24IN3O2/c1-17(2,3)23-16(22)21-10-12-6-13(11-21)9-20(8-12)15-5-4-14(18)7-19-15/h4-5,7,12-13H,6,8-11H2,1-3H3. The zero-order chi connectivity index (χ0) is 16.6. The Morgan fingerprint density at radius 1 is 1.22 bits per heavy atom. The van der Waals surface area contributed by atoms with Crippen LogP contribution in [0.2, 0.25) is 0 Å². The maximum absolute atomic E-state index is 12.3. The Balaban J connectivity index is 1.64. The van der Waals surface area contributed by atoms with Crippen LogP contribution in [0.4, 0.5) is 10.6 Å². The van der Waals surface area contributed by atoms with Crippen LogP contribution in [-0.2, 0) is 4.74 Å². The van der Waals surface area contributed by atoms with Gasteiger partial charge in [0.2, 0.25) is 0 Å². The molecule has 1 aromatic rings. The number of piperidine rings is 2. The van der Waals surface area contributed by atoms with E-state index in [1.54, 1.807) is 0 Å². The van der Waals surface area contributed by atoms with Crippen molar-refractivity contribution in [3.05, 3.63) is 21.9 Å². The number of ether oxygens (including phenoxy) is 1. The van der Waals surface area contributed by atoms with Gasteiger partial charge in [-0.2, -0.15) is 0 Å². The van der Waals surface area contributed by atoms with E-state index in [0.717, 1.165) is 35.6 Å². The van der Waals surface area contributed by atoms with Crippen molar-refractivity contribution in [2.75, 3.05) is 31.1 Å². The van der Waals surface area contributed by atoms with Crippen molar-refractivity contribution >= 4 is 34.5 Å². The number of nitrogens with zero attached hydrogens (tertiary/aromatic N) is 3. The van der Waals surface area contributed by atoms with Gasteiger partial charge in [-0.25, -0.2) is 9.78 Å². The molecule has 0 spiro atoms. The third-order valence-corrected chi connectivity index (χ3v) is 4.91. The molecule has 2 aliphatic heterocycles. The lowest BCUT2D eigenvalue weighted by Crippen LogP contribution is -2.55. The maximum Gasteiger partial charge on any atom is 0.410 e. The molecule has 0 saturated carbocycles. The van der Waals surface area contributed by atoms with Crippen LogP contribution in [0.1, 0.15) is 27.2 Å². The third kappa shape index (κ3) is 4.28. The van der Waals surface area contributed by atoms with Gasteiger partial charge >= 0.3 is 6.09 Å². The fourth-order valence-electron chi connectivity index (χ4n) is 3.50. The van der Waals surface area contributed by atoms with Gasteiger partial charge in [-0.15, -0.1) is 0 Å². The van der Waals surface area contributed by atoms with E-state index in [2.05, 4.69) is 44.6 Å². The van der Waals surface area contributed by atoms with Crippen LogP contribution in [0, 0.1) is 15.4 Å². The van der Waals surface area contributed by atoms with Crippen molar-refractivity contribution in [1.82, 2.24) is 9.88 Å². The largest absolute Gasteiger partial charge is 0.444 e. The highest BCUT2D eigenvalue weighted by atomic mass is 127. The molecule has 0 radical (unpaired) electrons. The van der Waals surface area contributed by atoms with Crippen LogP contribution in [0.3, 0.4) is 0 Å². The van der Waals surface area contributed by atoms with Gasteiger partial charge in [0.1, 0.15) is 11.4 Å². The predicted octanol–water partition coefficient (Wildman–Crippen LogP) is 3.38. The number of hydrogen-bond donors (Lipinski definition) is 0. The first-order valence-electron chi connectivity index (χ1n) is 8.14. The Morgan fingerprint density at radius 3 is 2.39 bits per heavy atom. The minimum Gasteiger partial charge on any atom is -0.444 e. The summed E-state index contributed by atoms with van der Waals surface area (Å²) >= 11 is 2.28. The van der Waals surface area contributed by atoms with Gasteiger partial charge in [-0.3, -0.25) is 0 Å². The molecule has 2 unspecified atom stereocenters. The highest BCUT2D eigenvalue weighted by Crippen LogP contribution is 2.31. The summed E-state index contributed by atoms with van der Waals surface area (Å²) < 4.78 is 6.68. The summed E-state index contributed by atoms with van der Waals surface area (Å²) in [6.07, 6.45) is 2.93. The Kier molecular flexibility index (Phi) is 4.71. The Hall–Kier alpha value is -1.05. The SMILES string of the molecule is CC(C)(C)OC(=O)N1CC2CC(C1)CN(c1ccc(I)cn1)C2. The van der Waals surface area contributed by atoms with E-state index < -0.39 is 5.60 Å². The summed E-state index contributed by atoms with van der Waals surface area (Å²) in [5.41, 5.74) is -0.430. The smallest absolute Gasteiger partial charge is 0.410 e. The number of pyridine rings is 1. The summed E-state index contributed by atoms with van der Waals surface area (Å²) in [4.78, 5) is 21.1. The second-order valence-corrected chi connectivity index (χ2v) is 8.84. The average molecular weight is 429 g/mol. The number of rotatable bonds is 1. The van der Waals surface area contributed by atoms with Gasteiger partial charge in [0.15, 0.2) is 0 Å². The normalized spacial score (nSPS) is 24.5. The topological polar surface area (TPSA) is 45.7 Å². The molecule has 0 aliphatic carbocycles. The van der Waals surface area contributed by atoms with E-state index >= 15 is 0 Å². The molecule has 3 rings (SSSR count). The summed E-state index contributed by atoms with van der Waals surface area (Å²) in [5, 5.41) is 0. The monoisotopic (exact) mass is 429 g/mol. The van der Waals surface area contributed by atoms with E-state index in [0.29, 0.717) is 11.8 Å². The molecule has 2 saturated heterocycles. The lowest BCUT2D eigenvalue weighted by Gasteiger charge is -2.46. The fourth-order valence-corrected chi connectivity index (χ4v) is 3.82. The van der Waals surface area contributed by atoms with Crippen LogP contribution < -0.4 is 4.90 Å². The minimum atomic E-state index is -0.430. The van der Waals surface area contributed by atoms with E-state index in [-0.39, 0.29) is 6.09 Å². The van der Waals surface area contributed by atoms with Crippen LogP contribution in [-0.4, -0.2) is 47.8 Å². The predicted molar refractivity (Wildman–Crippen MR) is 98.6 cm³/mol. The molecule has 3 heterocycles. The van der Waals surface area contributed by atoms with Crippen molar-refractivity contribution in [1.29, 1.82) is 0 Å². The summed E-state index contributed by atoms with van der Waals surface area (Å²) in [5.74, 6) is 2.04. The maximum atomic E-state index is 12.3. The molecule has 126 valence electrons. The van der Waals surface area contributed by atoms with Crippen molar-refractivity contribution in [2.24, 2.45) is 11.8 Å². The van der Waals surface area contributed by atoms with Crippen molar-refractivity contribution < 1.29 is 9.53 Å². The highest BCUT2D eigenvalue weighted by Gasteiger charge is 2.37. The molecule has 1 amide bonds. The number of carbonyl (C=O) groups excluding carboxylic acids is 1. The Labute approximate surface area is 151 Å². The lowest BCUT2D eigenvalue weighted by molar-refractivity contribution is 0.00759. The Bertz CT molecular complexity index is 556. The van der Waals surface area contributed by atoms with Crippen LogP contribution in [0.5, 0.6) is 0 Å². The number of halogens is 1. The third-order valence-electron chi connectivity index (χ3n) is 4.27. The quantitative estimate of drug-likeness (QED) is 0.643. The molecule has 6 heteroatoms. The van der Waals surface area contributed by atoms with E-state index in [1.165, 1.54) is 6.42 Å². The first-order valence-corrected chi connectivity index (χ1v) is 9.22. The highest BCUT2D eigenvalue weighted by molar-refractivity contribution is 14.1. The number of aromatic nitrogens is 1. The van der Waals surface area contributed by atoms with Crippen molar-refractivity contribution in [3.8, 4) is 0 Å². The molecular weight excluding hydrogens is 405 g/mol. The second-order valence-electron chi connectivity index (χ2n) is 7.59. The molecule has 0 aromatic carbocycles. The van der Waals surface area contributed by atoms with Crippen LogP contribution in [0.15, 0.2) is 18.3 Å². The molecule has 5 nitrogen and oxygen atoms in total. The molecule has 2 fully saturated rings. The zero-order valence-corrected chi connectivity index (χ0v) is 16.1. The summed E-state index contributed by atoms with van der Waals surface area (Å²) in [6.45, 7) is 9.24. The molecular formula is C17H24IN3O2. The molecule has 0 N–H and O–H groups in total. The molecule has 1 aromatic heterocycles. The molecule has 2 atom stereocenters. The minimum absolute atomic E-state index is 0.173. The van der Waals surface area contributed by atoms with Gasteiger partial charge < -0.3 is 14.5 Å². The fraction of sp³-hybridized carbons (Fsp3) is 0.647. The van der Waals surface area contributed by atoms with Gasteiger partial charge in [-0.1, -0.05) is 0 Å². The van der Waals surface area contributed by atoms with Gasteiger partial charge in [0.25, 0.3) is 0 Å². The average Bonchev–Trinajstić information content (AvgIpc) is 2.45. The number of anilines is 1. The number of amides is 1.